The van der Waals surface area contributed by atoms with Crippen molar-refractivity contribution in [3.8, 4) is 5.75 Å². The van der Waals surface area contributed by atoms with Crippen LogP contribution >= 0.6 is 27.5 Å². The summed E-state index contributed by atoms with van der Waals surface area (Å²) in [6.07, 6.45) is 1.34. The van der Waals surface area contributed by atoms with E-state index in [1.54, 1.807) is 29.2 Å². The second-order valence-corrected chi connectivity index (χ2v) is 7.96. The normalized spacial score (nSPS) is 11.6. The van der Waals surface area contributed by atoms with Gasteiger partial charge in [-0.15, -0.1) is 0 Å². The fourth-order valence-corrected chi connectivity index (χ4v) is 3.22. The Morgan fingerprint density at radius 1 is 1.10 bits per heavy atom. The van der Waals surface area contributed by atoms with E-state index in [0.717, 1.165) is 16.5 Å². The predicted octanol–water partition coefficient (Wildman–Crippen LogP) is 4.81. The van der Waals surface area contributed by atoms with Gasteiger partial charge in [-0.3, -0.25) is 9.59 Å². The molecule has 0 bridgehead atoms. The third kappa shape index (κ3) is 7.37. The minimum absolute atomic E-state index is 0.146. The molecule has 0 radical (unpaired) electrons. The number of amides is 2. The maximum absolute atomic E-state index is 13.0. The molecule has 2 amide bonds. The molecule has 0 aromatic heterocycles. The molecule has 0 fully saturated rings. The molecular weight excluding hydrogens is 456 g/mol. The van der Waals surface area contributed by atoms with Crippen molar-refractivity contribution in [2.75, 3.05) is 13.2 Å². The molecule has 2 aromatic carbocycles. The second-order valence-electron chi connectivity index (χ2n) is 6.61. The molecule has 0 aliphatic rings. The van der Waals surface area contributed by atoms with E-state index in [-0.39, 0.29) is 18.4 Å². The van der Waals surface area contributed by atoms with Crippen molar-refractivity contribution in [1.29, 1.82) is 0 Å². The van der Waals surface area contributed by atoms with Gasteiger partial charge in [0.15, 0.2) is 6.61 Å². The molecule has 156 valence electrons. The number of halogens is 2. The third-order valence-corrected chi connectivity index (χ3v) is 5.16. The van der Waals surface area contributed by atoms with Crippen LogP contribution in [0.1, 0.15) is 32.3 Å². The van der Waals surface area contributed by atoms with E-state index in [9.17, 15) is 9.59 Å². The molecule has 0 aliphatic carbocycles. The molecule has 0 heterocycles. The van der Waals surface area contributed by atoms with Gasteiger partial charge >= 0.3 is 0 Å². The molecule has 5 nitrogen and oxygen atoms in total. The lowest BCUT2D eigenvalue weighted by Crippen LogP contribution is -2.50. The quantitative estimate of drug-likeness (QED) is 0.529. The van der Waals surface area contributed by atoms with E-state index in [4.69, 9.17) is 16.3 Å². The highest BCUT2D eigenvalue weighted by molar-refractivity contribution is 9.10. The first-order chi connectivity index (χ1) is 13.9. The Hall–Kier alpha value is -2.05. The van der Waals surface area contributed by atoms with Crippen LogP contribution in [0.25, 0.3) is 0 Å². The number of rotatable bonds is 10. The molecule has 1 N–H and O–H groups in total. The summed E-state index contributed by atoms with van der Waals surface area (Å²) < 4.78 is 6.58. The number of hydrogen-bond donors (Lipinski definition) is 1. The van der Waals surface area contributed by atoms with Crippen LogP contribution in [0.4, 0.5) is 0 Å². The fourth-order valence-electron chi connectivity index (χ4n) is 2.83. The van der Waals surface area contributed by atoms with Gasteiger partial charge in [-0.05, 0) is 54.8 Å². The van der Waals surface area contributed by atoms with E-state index in [1.165, 1.54) is 0 Å². The minimum Gasteiger partial charge on any atom is -0.484 e. The van der Waals surface area contributed by atoms with E-state index in [2.05, 4.69) is 21.2 Å². The van der Waals surface area contributed by atoms with E-state index in [0.29, 0.717) is 30.3 Å². The Bertz CT molecular complexity index is 797. The zero-order chi connectivity index (χ0) is 21.2. The first-order valence-corrected chi connectivity index (χ1v) is 10.8. The van der Waals surface area contributed by atoms with Gasteiger partial charge in [0.2, 0.25) is 5.91 Å². The average Bonchev–Trinajstić information content (AvgIpc) is 2.72. The van der Waals surface area contributed by atoms with Crippen LogP contribution in [0.5, 0.6) is 5.75 Å². The maximum atomic E-state index is 13.0. The summed E-state index contributed by atoms with van der Waals surface area (Å²) in [6, 6.07) is 13.9. The van der Waals surface area contributed by atoms with Crippen molar-refractivity contribution in [1.82, 2.24) is 10.2 Å². The lowest BCUT2D eigenvalue weighted by Gasteiger charge is -2.30. The van der Waals surface area contributed by atoms with Crippen molar-refractivity contribution < 1.29 is 14.3 Å². The fraction of sp³-hybridized carbons (Fsp3) is 0.364. The summed E-state index contributed by atoms with van der Waals surface area (Å²) in [5, 5.41) is 3.52. The molecule has 29 heavy (non-hydrogen) atoms. The van der Waals surface area contributed by atoms with Crippen molar-refractivity contribution in [2.45, 2.75) is 39.3 Å². The second kappa shape index (κ2) is 11.8. The molecule has 7 heteroatoms. The van der Waals surface area contributed by atoms with Gasteiger partial charge in [-0.2, -0.15) is 0 Å². The number of benzene rings is 2. The van der Waals surface area contributed by atoms with Crippen LogP contribution in [-0.4, -0.2) is 35.9 Å². The highest BCUT2D eigenvalue weighted by Crippen LogP contribution is 2.18. The first-order valence-electron chi connectivity index (χ1n) is 9.64. The largest absolute Gasteiger partial charge is 0.484 e. The van der Waals surface area contributed by atoms with Crippen molar-refractivity contribution in [2.24, 2.45) is 0 Å². The van der Waals surface area contributed by atoms with E-state index < -0.39 is 6.04 Å². The summed E-state index contributed by atoms with van der Waals surface area (Å²) >= 11 is 9.34. The highest BCUT2D eigenvalue weighted by Gasteiger charge is 2.28. The number of carbonyl (C=O) groups is 2. The standard InChI is InChI=1S/C22H26BrClN2O3/c1-3-13-25-22(28)20(4-2)26(14-16-5-9-18(24)10-6-16)21(27)15-29-19-11-7-17(23)8-12-19/h5-12,20H,3-4,13-15H2,1-2H3,(H,25,28)/t20-/m1/s1. The molecule has 0 spiro atoms. The van der Waals surface area contributed by atoms with E-state index in [1.807, 2.05) is 38.1 Å². The monoisotopic (exact) mass is 480 g/mol. The number of ether oxygens (including phenoxy) is 1. The third-order valence-electron chi connectivity index (χ3n) is 4.38. The number of carbonyl (C=O) groups excluding carboxylic acids is 2. The predicted molar refractivity (Wildman–Crippen MR) is 119 cm³/mol. The lowest BCUT2D eigenvalue weighted by atomic mass is 10.1. The summed E-state index contributed by atoms with van der Waals surface area (Å²) in [6.45, 7) is 4.62. The van der Waals surface area contributed by atoms with Crippen molar-refractivity contribution in [3.63, 3.8) is 0 Å². The SMILES string of the molecule is CCCNC(=O)[C@@H](CC)N(Cc1ccc(Cl)cc1)C(=O)COc1ccc(Br)cc1. The topological polar surface area (TPSA) is 58.6 Å². The molecular formula is C22H26BrClN2O3. The Balaban J connectivity index is 2.16. The zero-order valence-electron chi connectivity index (χ0n) is 16.7. The van der Waals surface area contributed by atoms with Gasteiger partial charge < -0.3 is 15.0 Å². The molecule has 0 saturated heterocycles. The van der Waals surface area contributed by atoms with Crippen LogP contribution < -0.4 is 10.1 Å². The van der Waals surface area contributed by atoms with Crippen molar-refractivity contribution >= 4 is 39.3 Å². The smallest absolute Gasteiger partial charge is 0.261 e. The van der Waals surface area contributed by atoms with Crippen LogP contribution in [0.3, 0.4) is 0 Å². The summed E-state index contributed by atoms with van der Waals surface area (Å²) in [5.41, 5.74) is 0.896. The van der Waals surface area contributed by atoms with E-state index >= 15 is 0 Å². The van der Waals surface area contributed by atoms with Gasteiger partial charge in [0.1, 0.15) is 11.8 Å². The summed E-state index contributed by atoms with van der Waals surface area (Å²) in [4.78, 5) is 27.3. The van der Waals surface area contributed by atoms with Gasteiger partial charge in [-0.25, -0.2) is 0 Å². The number of hydrogen-bond acceptors (Lipinski definition) is 3. The highest BCUT2D eigenvalue weighted by atomic mass is 79.9. The van der Waals surface area contributed by atoms with Crippen LogP contribution in [0.15, 0.2) is 53.0 Å². The average molecular weight is 482 g/mol. The Morgan fingerprint density at radius 2 is 1.76 bits per heavy atom. The molecule has 1 atom stereocenters. The molecule has 0 unspecified atom stereocenters. The Morgan fingerprint density at radius 3 is 2.34 bits per heavy atom. The van der Waals surface area contributed by atoms with Gasteiger partial charge in [-0.1, -0.05) is 53.5 Å². The van der Waals surface area contributed by atoms with Gasteiger partial charge in [0, 0.05) is 22.6 Å². The van der Waals surface area contributed by atoms with Gasteiger partial charge in [0.05, 0.1) is 0 Å². The number of nitrogens with zero attached hydrogens (tertiary/aromatic N) is 1. The Labute approximate surface area is 185 Å². The molecule has 2 rings (SSSR count). The maximum Gasteiger partial charge on any atom is 0.261 e. The van der Waals surface area contributed by atoms with Crippen LogP contribution in [0, 0.1) is 0 Å². The minimum atomic E-state index is -0.571. The van der Waals surface area contributed by atoms with Crippen LogP contribution in [0.2, 0.25) is 5.02 Å². The molecule has 0 aliphatic heterocycles. The number of nitrogens with one attached hydrogen (secondary N) is 1. The molecule has 2 aromatic rings. The zero-order valence-corrected chi connectivity index (χ0v) is 19.0. The summed E-state index contributed by atoms with van der Waals surface area (Å²) in [5.74, 6) is 0.193. The van der Waals surface area contributed by atoms with Crippen molar-refractivity contribution in [3.05, 3.63) is 63.6 Å². The molecule has 0 saturated carbocycles. The Kier molecular flexibility index (Phi) is 9.48. The summed E-state index contributed by atoms with van der Waals surface area (Å²) in [7, 11) is 0. The van der Waals surface area contributed by atoms with Gasteiger partial charge in [0.25, 0.3) is 5.91 Å². The lowest BCUT2D eigenvalue weighted by molar-refractivity contribution is -0.143. The van der Waals surface area contributed by atoms with Crippen LogP contribution in [-0.2, 0) is 16.1 Å². The first kappa shape index (κ1) is 23.2.